The van der Waals surface area contributed by atoms with Crippen molar-refractivity contribution in [3.8, 4) is 0 Å². The first-order valence-electron chi connectivity index (χ1n) is 9.70. The lowest BCUT2D eigenvalue weighted by molar-refractivity contribution is -0.131. The van der Waals surface area contributed by atoms with Gasteiger partial charge in [-0.15, -0.1) is 0 Å². The SMILES string of the molecule is CN(CCC(=O)N1CCN(c2ccc(F)cc2)CC1)CC1CCCCO1. The Morgan fingerprint density at radius 3 is 2.58 bits per heavy atom. The minimum absolute atomic E-state index is 0.217. The second kappa shape index (κ2) is 9.33. The van der Waals surface area contributed by atoms with Crippen molar-refractivity contribution in [3.05, 3.63) is 30.1 Å². The molecule has 2 heterocycles. The van der Waals surface area contributed by atoms with E-state index in [1.54, 1.807) is 12.1 Å². The van der Waals surface area contributed by atoms with Gasteiger partial charge >= 0.3 is 0 Å². The molecule has 0 radical (unpaired) electrons. The summed E-state index contributed by atoms with van der Waals surface area (Å²) in [4.78, 5) is 18.8. The van der Waals surface area contributed by atoms with E-state index in [0.717, 1.165) is 58.0 Å². The molecule has 0 bridgehead atoms. The Balaban J connectivity index is 1.37. The topological polar surface area (TPSA) is 36.0 Å². The van der Waals surface area contributed by atoms with Crippen LogP contribution in [0.25, 0.3) is 0 Å². The van der Waals surface area contributed by atoms with Crippen LogP contribution >= 0.6 is 0 Å². The molecule has 0 spiro atoms. The first-order valence-corrected chi connectivity index (χ1v) is 9.70. The van der Waals surface area contributed by atoms with E-state index in [9.17, 15) is 9.18 Å². The molecule has 6 heteroatoms. The van der Waals surface area contributed by atoms with E-state index >= 15 is 0 Å². The zero-order valence-electron chi connectivity index (χ0n) is 15.7. The summed E-state index contributed by atoms with van der Waals surface area (Å²) in [7, 11) is 2.07. The van der Waals surface area contributed by atoms with Gasteiger partial charge in [0.1, 0.15) is 5.82 Å². The lowest BCUT2D eigenvalue weighted by atomic mass is 10.1. The van der Waals surface area contributed by atoms with Crippen molar-refractivity contribution in [3.63, 3.8) is 0 Å². The van der Waals surface area contributed by atoms with Gasteiger partial charge in [0.15, 0.2) is 0 Å². The zero-order chi connectivity index (χ0) is 18.4. The Labute approximate surface area is 155 Å². The van der Waals surface area contributed by atoms with Gasteiger partial charge in [-0.1, -0.05) is 0 Å². The van der Waals surface area contributed by atoms with Gasteiger partial charge in [-0.25, -0.2) is 4.39 Å². The minimum atomic E-state index is -0.217. The monoisotopic (exact) mass is 363 g/mol. The number of carbonyl (C=O) groups is 1. The number of amides is 1. The number of carbonyl (C=O) groups excluding carboxylic acids is 1. The molecule has 2 aliphatic rings. The second-order valence-corrected chi connectivity index (χ2v) is 7.35. The Morgan fingerprint density at radius 2 is 1.92 bits per heavy atom. The van der Waals surface area contributed by atoms with Gasteiger partial charge in [0.2, 0.25) is 5.91 Å². The number of hydrogen-bond acceptors (Lipinski definition) is 4. The summed E-state index contributed by atoms with van der Waals surface area (Å²) in [6.45, 7) is 5.60. The third-order valence-corrected chi connectivity index (χ3v) is 5.32. The number of benzene rings is 1. The minimum Gasteiger partial charge on any atom is -0.377 e. The van der Waals surface area contributed by atoms with Crippen molar-refractivity contribution in [1.29, 1.82) is 0 Å². The molecule has 0 N–H and O–H groups in total. The van der Waals surface area contributed by atoms with Gasteiger partial charge in [0.25, 0.3) is 0 Å². The third kappa shape index (κ3) is 5.42. The number of piperazine rings is 1. The molecule has 0 aliphatic carbocycles. The highest BCUT2D eigenvalue weighted by Gasteiger charge is 2.22. The van der Waals surface area contributed by atoms with Crippen LogP contribution in [-0.2, 0) is 9.53 Å². The smallest absolute Gasteiger partial charge is 0.223 e. The number of rotatable bonds is 6. The van der Waals surface area contributed by atoms with Crippen molar-refractivity contribution in [2.24, 2.45) is 0 Å². The van der Waals surface area contributed by atoms with Crippen molar-refractivity contribution < 1.29 is 13.9 Å². The molecule has 3 rings (SSSR count). The Kier molecular flexibility index (Phi) is 6.86. The fraction of sp³-hybridized carbons (Fsp3) is 0.650. The van der Waals surface area contributed by atoms with Crippen LogP contribution in [0.2, 0.25) is 0 Å². The van der Waals surface area contributed by atoms with E-state index in [1.165, 1.54) is 25.0 Å². The van der Waals surface area contributed by atoms with Crippen molar-refractivity contribution >= 4 is 11.6 Å². The number of likely N-dealkylation sites (N-methyl/N-ethyl adjacent to an activating group) is 1. The Morgan fingerprint density at radius 1 is 1.19 bits per heavy atom. The average molecular weight is 363 g/mol. The van der Waals surface area contributed by atoms with Crippen LogP contribution in [0.5, 0.6) is 0 Å². The summed E-state index contributed by atoms with van der Waals surface area (Å²) in [5, 5.41) is 0. The highest BCUT2D eigenvalue weighted by atomic mass is 19.1. The number of hydrogen-bond donors (Lipinski definition) is 0. The molecule has 0 saturated carbocycles. The second-order valence-electron chi connectivity index (χ2n) is 7.35. The molecule has 1 aromatic carbocycles. The van der Waals surface area contributed by atoms with E-state index in [-0.39, 0.29) is 11.7 Å². The molecular formula is C20H30FN3O2. The molecular weight excluding hydrogens is 333 g/mol. The third-order valence-electron chi connectivity index (χ3n) is 5.32. The van der Waals surface area contributed by atoms with Crippen LogP contribution in [0.1, 0.15) is 25.7 Å². The molecule has 2 fully saturated rings. The summed E-state index contributed by atoms with van der Waals surface area (Å²) >= 11 is 0. The van der Waals surface area contributed by atoms with Gasteiger partial charge in [-0.3, -0.25) is 4.79 Å². The molecule has 2 saturated heterocycles. The quantitative estimate of drug-likeness (QED) is 0.777. The average Bonchev–Trinajstić information content (AvgIpc) is 2.68. The van der Waals surface area contributed by atoms with Crippen LogP contribution in [0.15, 0.2) is 24.3 Å². The first-order chi connectivity index (χ1) is 12.6. The molecule has 1 atom stereocenters. The predicted molar refractivity (Wildman–Crippen MR) is 101 cm³/mol. The van der Waals surface area contributed by atoms with E-state index in [0.29, 0.717) is 12.5 Å². The fourth-order valence-corrected chi connectivity index (χ4v) is 3.70. The highest BCUT2D eigenvalue weighted by Crippen LogP contribution is 2.17. The van der Waals surface area contributed by atoms with E-state index in [4.69, 9.17) is 4.74 Å². The molecule has 5 nitrogen and oxygen atoms in total. The van der Waals surface area contributed by atoms with E-state index < -0.39 is 0 Å². The first kappa shape index (κ1) is 19.1. The zero-order valence-corrected chi connectivity index (χ0v) is 15.7. The maximum Gasteiger partial charge on any atom is 0.223 e. The Bertz CT molecular complexity index is 567. The standard InChI is InChI=1S/C20H30FN3O2/c1-22(16-19-4-2-3-15-26-19)10-9-20(25)24-13-11-23(12-14-24)18-7-5-17(21)6-8-18/h5-8,19H,2-4,9-16H2,1H3. The maximum atomic E-state index is 13.0. The van der Waals surface area contributed by atoms with Gasteiger partial charge in [0, 0.05) is 58.0 Å². The van der Waals surface area contributed by atoms with Gasteiger partial charge in [-0.05, 0) is 50.6 Å². The predicted octanol–water partition coefficient (Wildman–Crippen LogP) is 2.37. The van der Waals surface area contributed by atoms with Crippen molar-refractivity contribution in [1.82, 2.24) is 9.80 Å². The summed E-state index contributed by atoms with van der Waals surface area (Å²) < 4.78 is 18.8. The highest BCUT2D eigenvalue weighted by molar-refractivity contribution is 5.76. The Hall–Kier alpha value is -1.66. The molecule has 0 aromatic heterocycles. The van der Waals surface area contributed by atoms with Crippen molar-refractivity contribution in [2.75, 3.05) is 57.8 Å². The number of anilines is 1. The molecule has 144 valence electrons. The summed E-state index contributed by atoms with van der Waals surface area (Å²) in [6.07, 6.45) is 4.42. The van der Waals surface area contributed by atoms with Crippen LogP contribution < -0.4 is 4.90 Å². The van der Waals surface area contributed by atoms with Crippen LogP contribution in [0, 0.1) is 5.82 Å². The largest absolute Gasteiger partial charge is 0.377 e. The number of nitrogens with zero attached hydrogens (tertiary/aromatic N) is 3. The normalized spacial score (nSPS) is 21.3. The van der Waals surface area contributed by atoms with Gasteiger partial charge in [0.05, 0.1) is 6.10 Å². The fourth-order valence-electron chi connectivity index (χ4n) is 3.70. The molecule has 1 aromatic rings. The van der Waals surface area contributed by atoms with Gasteiger partial charge < -0.3 is 19.4 Å². The van der Waals surface area contributed by atoms with E-state index in [1.807, 2.05) is 4.90 Å². The van der Waals surface area contributed by atoms with Crippen LogP contribution in [0.4, 0.5) is 10.1 Å². The van der Waals surface area contributed by atoms with Crippen LogP contribution in [-0.4, -0.2) is 74.7 Å². The van der Waals surface area contributed by atoms with Crippen molar-refractivity contribution in [2.45, 2.75) is 31.8 Å². The lowest BCUT2D eigenvalue weighted by Gasteiger charge is -2.36. The lowest BCUT2D eigenvalue weighted by Crippen LogP contribution is -2.49. The maximum absolute atomic E-state index is 13.0. The molecule has 1 unspecified atom stereocenters. The molecule has 26 heavy (non-hydrogen) atoms. The molecule has 2 aliphatic heterocycles. The number of halogens is 1. The van der Waals surface area contributed by atoms with Crippen LogP contribution in [0.3, 0.4) is 0 Å². The number of ether oxygens (including phenoxy) is 1. The summed E-state index contributed by atoms with van der Waals surface area (Å²) in [6, 6.07) is 6.57. The molecule has 1 amide bonds. The summed E-state index contributed by atoms with van der Waals surface area (Å²) in [5.74, 6) is 0.00507. The van der Waals surface area contributed by atoms with Gasteiger partial charge in [-0.2, -0.15) is 0 Å². The van der Waals surface area contributed by atoms with E-state index in [2.05, 4.69) is 16.8 Å². The summed E-state index contributed by atoms with van der Waals surface area (Å²) in [5.41, 5.74) is 1.02.